The molecule has 0 saturated carbocycles. The standard InChI is InChI=1S/C23H28N4O7.C2H6O/c1-14-9-17(27-34-14)22(31)26-18(12-32-3)21(30)24-11-19(28)25-16(20(29)23(2)13-33-23)10-15-7-5-4-6-8-15;1-3-2/h4-9,16,18H,10-13H2,1-3H3,(H,24,30)(H,25,28)(H,26,31);1-2H3/t16-,18-,23+;/m0./s1. The molecule has 3 atom stereocenters. The molecule has 1 aliphatic heterocycles. The van der Waals surface area contributed by atoms with Crippen LogP contribution in [0.15, 0.2) is 40.9 Å². The highest BCUT2D eigenvalue weighted by Gasteiger charge is 2.50. The molecule has 0 aliphatic carbocycles. The third kappa shape index (κ3) is 9.41. The molecule has 12 nitrogen and oxygen atoms in total. The summed E-state index contributed by atoms with van der Waals surface area (Å²) in [5.41, 5.74) is -0.0221. The molecule has 2 aromatic rings. The van der Waals surface area contributed by atoms with E-state index in [1.807, 2.05) is 30.3 Å². The summed E-state index contributed by atoms with van der Waals surface area (Å²) in [6.07, 6.45) is 0.289. The predicted octanol–water partition coefficient (Wildman–Crippen LogP) is 0.192. The minimum Gasteiger partial charge on any atom is -0.388 e. The van der Waals surface area contributed by atoms with Crippen molar-refractivity contribution in [2.75, 3.05) is 41.1 Å². The monoisotopic (exact) mass is 518 g/mol. The molecule has 3 rings (SSSR count). The Morgan fingerprint density at radius 3 is 2.27 bits per heavy atom. The number of rotatable bonds is 12. The number of nitrogens with one attached hydrogen (secondary N) is 3. The first-order chi connectivity index (χ1) is 17.6. The summed E-state index contributed by atoms with van der Waals surface area (Å²) in [4.78, 5) is 50.3. The third-order valence-electron chi connectivity index (χ3n) is 5.27. The van der Waals surface area contributed by atoms with Crippen molar-refractivity contribution >= 4 is 23.5 Å². The first kappa shape index (κ1) is 29.6. The Kier molecular flexibility index (Phi) is 11.4. The second-order valence-electron chi connectivity index (χ2n) is 8.62. The van der Waals surface area contributed by atoms with E-state index in [1.165, 1.54) is 13.2 Å². The van der Waals surface area contributed by atoms with Gasteiger partial charge in [-0.15, -0.1) is 0 Å². The number of hydrogen-bond acceptors (Lipinski definition) is 9. The molecule has 0 bridgehead atoms. The Hall–Kier alpha value is -3.61. The van der Waals surface area contributed by atoms with E-state index in [9.17, 15) is 19.2 Å². The topological polar surface area (TPSA) is 161 Å². The largest absolute Gasteiger partial charge is 0.388 e. The van der Waals surface area contributed by atoms with Gasteiger partial charge in [0.2, 0.25) is 11.8 Å². The fourth-order valence-corrected chi connectivity index (χ4v) is 3.27. The number of nitrogens with zero attached hydrogens (tertiary/aromatic N) is 1. The minimum absolute atomic E-state index is 0.0159. The number of aromatic nitrogens is 1. The maximum Gasteiger partial charge on any atom is 0.274 e. The average molecular weight is 519 g/mol. The summed E-state index contributed by atoms with van der Waals surface area (Å²) < 4.78 is 19.4. The van der Waals surface area contributed by atoms with Crippen molar-refractivity contribution in [1.29, 1.82) is 0 Å². The van der Waals surface area contributed by atoms with Crippen LogP contribution in [0, 0.1) is 6.92 Å². The molecule has 1 fully saturated rings. The van der Waals surface area contributed by atoms with Gasteiger partial charge in [0.05, 0.1) is 25.8 Å². The molecule has 0 radical (unpaired) electrons. The van der Waals surface area contributed by atoms with E-state index in [1.54, 1.807) is 28.1 Å². The molecule has 1 aromatic heterocycles. The molecule has 3 N–H and O–H groups in total. The van der Waals surface area contributed by atoms with Gasteiger partial charge in [-0.1, -0.05) is 35.5 Å². The summed E-state index contributed by atoms with van der Waals surface area (Å²) in [6.45, 7) is 3.09. The van der Waals surface area contributed by atoms with E-state index in [-0.39, 0.29) is 24.5 Å². The lowest BCUT2D eigenvalue weighted by atomic mass is 9.95. The van der Waals surface area contributed by atoms with E-state index in [4.69, 9.17) is 14.0 Å². The lowest BCUT2D eigenvalue weighted by Gasteiger charge is -2.21. The molecule has 37 heavy (non-hydrogen) atoms. The Morgan fingerprint density at radius 1 is 1.08 bits per heavy atom. The number of carbonyl (C=O) groups is 4. The lowest BCUT2D eigenvalue weighted by Crippen LogP contribution is -2.53. The molecule has 1 saturated heterocycles. The highest BCUT2D eigenvalue weighted by atomic mass is 16.6. The second kappa shape index (κ2) is 14.2. The van der Waals surface area contributed by atoms with Crippen LogP contribution in [0.25, 0.3) is 0 Å². The van der Waals surface area contributed by atoms with Crippen LogP contribution < -0.4 is 16.0 Å². The summed E-state index contributed by atoms with van der Waals surface area (Å²) >= 11 is 0. The van der Waals surface area contributed by atoms with Crippen molar-refractivity contribution in [2.45, 2.75) is 38.0 Å². The first-order valence-electron chi connectivity index (χ1n) is 11.6. The number of ketones is 1. The van der Waals surface area contributed by atoms with Gasteiger partial charge in [-0.2, -0.15) is 0 Å². The maximum absolute atomic E-state index is 12.9. The van der Waals surface area contributed by atoms with Gasteiger partial charge < -0.3 is 34.7 Å². The number of benzene rings is 1. The number of amides is 3. The number of Topliss-reactive ketones (excluding diaryl/α,β-unsaturated/α-hetero) is 1. The van der Waals surface area contributed by atoms with E-state index in [2.05, 4.69) is 25.8 Å². The van der Waals surface area contributed by atoms with Crippen LogP contribution in [0.5, 0.6) is 0 Å². The van der Waals surface area contributed by atoms with Crippen LogP contribution in [0.2, 0.25) is 0 Å². The van der Waals surface area contributed by atoms with Gasteiger partial charge >= 0.3 is 0 Å². The summed E-state index contributed by atoms with van der Waals surface area (Å²) in [5, 5.41) is 11.2. The average Bonchev–Trinajstić information content (AvgIpc) is 3.48. The van der Waals surface area contributed by atoms with E-state index < -0.39 is 42.0 Å². The Balaban J connectivity index is 0.00000153. The number of hydrogen-bond donors (Lipinski definition) is 3. The molecule has 202 valence electrons. The zero-order chi connectivity index (χ0) is 27.4. The first-order valence-corrected chi connectivity index (χ1v) is 11.6. The van der Waals surface area contributed by atoms with Crippen molar-refractivity contribution in [3.63, 3.8) is 0 Å². The van der Waals surface area contributed by atoms with Gasteiger partial charge in [-0.05, 0) is 25.8 Å². The van der Waals surface area contributed by atoms with Crippen LogP contribution in [-0.4, -0.2) is 87.4 Å². The van der Waals surface area contributed by atoms with Gasteiger partial charge in [-0.3, -0.25) is 19.2 Å². The SMILES string of the molecule is COC.COC[C@H](NC(=O)c1cc(C)on1)C(=O)NCC(=O)N[C@@H](Cc1ccccc1)C(=O)[C@@]1(C)CO1. The summed E-state index contributed by atoms with van der Waals surface area (Å²) in [6, 6.07) is 8.82. The maximum atomic E-state index is 12.9. The number of methoxy groups -OCH3 is 2. The Bertz CT molecular complexity index is 1050. The molecule has 0 spiro atoms. The van der Waals surface area contributed by atoms with Gasteiger partial charge in [0.15, 0.2) is 11.5 Å². The minimum atomic E-state index is -1.07. The normalized spacial score (nSPS) is 17.4. The van der Waals surface area contributed by atoms with E-state index in [0.29, 0.717) is 12.4 Å². The van der Waals surface area contributed by atoms with Gasteiger partial charge in [0.25, 0.3) is 5.91 Å². The van der Waals surface area contributed by atoms with Crippen molar-refractivity contribution < 1.29 is 37.9 Å². The second-order valence-corrected chi connectivity index (χ2v) is 8.62. The smallest absolute Gasteiger partial charge is 0.274 e. The van der Waals surface area contributed by atoms with Crippen molar-refractivity contribution in [3.05, 3.63) is 53.4 Å². The quantitative estimate of drug-likeness (QED) is 0.333. The van der Waals surface area contributed by atoms with Crippen LogP contribution in [-0.2, 0) is 35.0 Å². The number of epoxide rings is 1. The zero-order valence-corrected chi connectivity index (χ0v) is 21.7. The van der Waals surface area contributed by atoms with Crippen LogP contribution >= 0.6 is 0 Å². The fraction of sp³-hybridized carbons (Fsp3) is 0.480. The number of carbonyl (C=O) groups excluding carboxylic acids is 4. The van der Waals surface area contributed by atoms with Crippen molar-refractivity contribution in [1.82, 2.24) is 21.1 Å². The van der Waals surface area contributed by atoms with Gasteiger partial charge in [0.1, 0.15) is 17.4 Å². The van der Waals surface area contributed by atoms with Crippen molar-refractivity contribution in [3.8, 4) is 0 Å². The molecule has 1 aliphatic rings. The molecule has 1 aromatic carbocycles. The van der Waals surface area contributed by atoms with Crippen LogP contribution in [0.3, 0.4) is 0 Å². The fourth-order valence-electron chi connectivity index (χ4n) is 3.27. The third-order valence-corrected chi connectivity index (χ3v) is 5.27. The highest BCUT2D eigenvalue weighted by Crippen LogP contribution is 2.29. The number of aryl methyl sites for hydroxylation is 1. The predicted molar refractivity (Wildman–Crippen MR) is 132 cm³/mol. The Morgan fingerprint density at radius 2 is 1.73 bits per heavy atom. The molecule has 12 heteroatoms. The number of ether oxygens (including phenoxy) is 3. The molecular formula is C25H34N4O8. The Labute approximate surface area is 215 Å². The highest BCUT2D eigenvalue weighted by molar-refractivity contribution is 5.98. The molecule has 3 amide bonds. The van der Waals surface area contributed by atoms with Crippen LogP contribution in [0.4, 0.5) is 0 Å². The zero-order valence-electron chi connectivity index (χ0n) is 21.7. The molecule has 0 unspecified atom stereocenters. The van der Waals surface area contributed by atoms with Crippen molar-refractivity contribution in [2.24, 2.45) is 0 Å². The summed E-state index contributed by atoms with van der Waals surface area (Å²) in [5.74, 6) is -1.59. The lowest BCUT2D eigenvalue weighted by molar-refractivity contribution is -0.131. The van der Waals surface area contributed by atoms with Crippen LogP contribution in [0.1, 0.15) is 28.7 Å². The molecular weight excluding hydrogens is 484 g/mol. The van der Waals surface area contributed by atoms with E-state index in [0.717, 1.165) is 5.56 Å². The van der Waals surface area contributed by atoms with E-state index >= 15 is 0 Å². The van der Waals surface area contributed by atoms with Gasteiger partial charge in [-0.25, -0.2) is 0 Å². The van der Waals surface area contributed by atoms with Gasteiger partial charge in [0, 0.05) is 27.4 Å². The summed E-state index contributed by atoms with van der Waals surface area (Å²) in [7, 11) is 4.62. The molecule has 2 heterocycles.